The molecule has 2 aliphatic heterocycles. The van der Waals surface area contributed by atoms with Crippen LogP contribution < -0.4 is 10.6 Å². The van der Waals surface area contributed by atoms with E-state index < -0.39 is 6.04 Å². The van der Waals surface area contributed by atoms with Gasteiger partial charge in [-0.15, -0.1) is 11.7 Å². The number of fused-ring (bicyclic) bond motifs is 4. The number of thioether (sulfide) groups is 1. The molecular formula is C23H20N4OS. The standard InChI is InChI=1S/C23H20N4OS/c1-2-14-29-23-25-22(28)20-18-11-5-6-13-19(18)24-21(27(20)26-23)17-12-7-9-15-8-3-4-10-16(15)17/h2-13,20-21,24H,1,14H2,(H,25,26,28)/t20-,21-/m1/s1. The Bertz CT molecular complexity index is 1140. The highest BCUT2D eigenvalue weighted by molar-refractivity contribution is 8.14. The molecule has 0 bridgehead atoms. The Morgan fingerprint density at radius 3 is 2.69 bits per heavy atom. The van der Waals surface area contributed by atoms with E-state index >= 15 is 0 Å². The highest BCUT2D eigenvalue weighted by Gasteiger charge is 2.42. The molecule has 0 spiro atoms. The minimum atomic E-state index is -0.482. The number of anilines is 1. The predicted octanol–water partition coefficient (Wildman–Crippen LogP) is 4.63. The van der Waals surface area contributed by atoms with E-state index in [2.05, 4.69) is 47.5 Å². The Labute approximate surface area is 173 Å². The Balaban J connectivity index is 1.68. The molecule has 0 fully saturated rings. The minimum Gasteiger partial charge on any atom is -0.360 e. The maximum Gasteiger partial charge on any atom is 0.255 e. The van der Waals surface area contributed by atoms with Crippen molar-refractivity contribution in [2.45, 2.75) is 12.2 Å². The molecule has 3 aromatic rings. The summed E-state index contributed by atoms with van der Waals surface area (Å²) in [4.78, 5) is 13.1. The number of para-hydroxylation sites is 1. The number of carbonyl (C=O) groups is 1. The summed E-state index contributed by atoms with van der Waals surface area (Å²) in [5.41, 5.74) is 2.98. The van der Waals surface area contributed by atoms with Crippen molar-refractivity contribution in [3.8, 4) is 0 Å². The number of amides is 1. The Morgan fingerprint density at radius 2 is 1.79 bits per heavy atom. The van der Waals surface area contributed by atoms with Crippen molar-refractivity contribution in [2.75, 3.05) is 11.1 Å². The lowest BCUT2D eigenvalue weighted by Gasteiger charge is -2.44. The molecule has 2 heterocycles. The van der Waals surface area contributed by atoms with E-state index in [1.165, 1.54) is 11.8 Å². The molecule has 0 aromatic heterocycles. The molecule has 1 amide bonds. The van der Waals surface area contributed by atoms with Crippen molar-refractivity contribution in [3.05, 3.63) is 90.5 Å². The Morgan fingerprint density at radius 1 is 1.03 bits per heavy atom. The topological polar surface area (TPSA) is 56.7 Å². The van der Waals surface area contributed by atoms with Crippen molar-refractivity contribution in [1.82, 2.24) is 10.3 Å². The van der Waals surface area contributed by atoms with E-state index in [-0.39, 0.29) is 12.1 Å². The first-order chi connectivity index (χ1) is 14.3. The molecule has 5 nitrogen and oxygen atoms in total. The Hall–Kier alpha value is -3.25. The summed E-state index contributed by atoms with van der Waals surface area (Å²) in [6.07, 6.45) is 1.54. The van der Waals surface area contributed by atoms with Crippen molar-refractivity contribution in [3.63, 3.8) is 0 Å². The molecule has 144 valence electrons. The normalized spacial score (nSPS) is 20.2. The van der Waals surface area contributed by atoms with Gasteiger partial charge in [-0.3, -0.25) is 9.80 Å². The number of benzene rings is 3. The first-order valence-corrected chi connectivity index (χ1v) is 10.5. The van der Waals surface area contributed by atoms with Crippen LogP contribution in [-0.4, -0.2) is 21.8 Å². The molecule has 6 heteroatoms. The number of amidine groups is 1. The van der Waals surface area contributed by atoms with Crippen molar-refractivity contribution >= 4 is 39.3 Å². The van der Waals surface area contributed by atoms with E-state index in [0.29, 0.717) is 10.9 Å². The molecule has 0 saturated heterocycles. The zero-order valence-corrected chi connectivity index (χ0v) is 16.5. The summed E-state index contributed by atoms with van der Waals surface area (Å²) in [7, 11) is 0. The van der Waals surface area contributed by atoms with Crippen molar-refractivity contribution in [1.29, 1.82) is 0 Å². The fourth-order valence-corrected chi connectivity index (χ4v) is 4.56. The van der Waals surface area contributed by atoms with Crippen LogP contribution in [0.2, 0.25) is 0 Å². The fourth-order valence-electron chi connectivity index (χ4n) is 3.96. The van der Waals surface area contributed by atoms with E-state index in [1.807, 2.05) is 41.4 Å². The van der Waals surface area contributed by atoms with Gasteiger partial charge in [0.25, 0.3) is 5.91 Å². The number of rotatable bonds is 3. The van der Waals surface area contributed by atoms with Gasteiger partial charge in [0.05, 0.1) is 0 Å². The van der Waals surface area contributed by atoms with Crippen LogP contribution in [0.4, 0.5) is 5.69 Å². The number of carbonyl (C=O) groups excluding carboxylic acids is 1. The highest BCUT2D eigenvalue weighted by Crippen LogP contribution is 2.43. The molecule has 0 unspecified atom stereocenters. The largest absolute Gasteiger partial charge is 0.360 e. The summed E-state index contributed by atoms with van der Waals surface area (Å²) in [5.74, 6) is 0.617. The van der Waals surface area contributed by atoms with Crippen LogP contribution >= 0.6 is 11.8 Å². The van der Waals surface area contributed by atoms with Crippen LogP contribution in [0.25, 0.3) is 10.8 Å². The number of nitrogens with zero attached hydrogens (tertiary/aromatic N) is 2. The number of hydrogen-bond acceptors (Lipinski definition) is 5. The molecule has 2 atom stereocenters. The second-order valence-electron chi connectivity index (χ2n) is 6.98. The van der Waals surface area contributed by atoms with Crippen LogP contribution in [-0.2, 0) is 4.79 Å². The monoisotopic (exact) mass is 400 g/mol. The molecule has 2 N–H and O–H groups in total. The maximum atomic E-state index is 13.1. The van der Waals surface area contributed by atoms with Gasteiger partial charge < -0.3 is 10.6 Å². The summed E-state index contributed by atoms with van der Waals surface area (Å²) in [6, 6.07) is 22.0. The highest BCUT2D eigenvalue weighted by atomic mass is 32.2. The molecule has 2 aliphatic rings. The third-order valence-electron chi connectivity index (χ3n) is 5.22. The summed E-state index contributed by atoms with van der Waals surface area (Å²) >= 11 is 1.47. The Kier molecular flexibility index (Phi) is 4.48. The van der Waals surface area contributed by atoms with Crippen LogP contribution in [0.5, 0.6) is 0 Å². The van der Waals surface area contributed by atoms with Gasteiger partial charge in [-0.1, -0.05) is 78.5 Å². The van der Waals surface area contributed by atoms with Gasteiger partial charge in [-0.2, -0.15) is 0 Å². The van der Waals surface area contributed by atoms with Crippen molar-refractivity contribution in [2.24, 2.45) is 5.10 Å². The first kappa shape index (κ1) is 17.8. The smallest absolute Gasteiger partial charge is 0.255 e. The van der Waals surface area contributed by atoms with Gasteiger partial charge in [-0.25, -0.2) is 0 Å². The van der Waals surface area contributed by atoms with Gasteiger partial charge >= 0.3 is 0 Å². The quantitative estimate of drug-likeness (QED) is 0.630. The van der Waals surface area contributed by atoms with Gasteiger partial charge in [-0.05, 0) is 16.8 Å². The molecule has 29 heavy (non-hydrogen) atoms. The summed E-state index contributed by atoms with van der Waals surface area (Å²) in [5, 5.41) is 16.2. The minimum absolute atomic E-state index is 0.0641. The van der Waals surface area contributed by atoms with Crippen LogP contribution in [0.15, 0.2) is 84.5 Å². The zero-order valence-electron chi connectivity index (χ0n) is 15.7. The molecule has 0 radical (unpaired) electrons. The van der Waals surface area contributed by atoms with Gasteiger partial charge in [0.15, 0.2) is 11.2 Å². The average molecular weight is 401 g/mol. The number of hydrazone groups is 1. The maximum absolute atomic E-state index is 13.1. The fraction of sp³-hybridized carbons (Fsp3) is 0.130. The summed E-state index contributed by atoms with van der Waals surface area (Å²) < 4.78 is 0. The van der Waals surface area contributed by atoms with E-state index in [1.54, 1.807) is 6.08 Å². The van der Waals surface area contributed by atoms with Gasteiger partial charge in [0.1, 0.15) is 6.17 Å². The lowest BCUT2D eigenvalue weighted by Crippen LogP contribution is -2.51. The van der Waals surface area contributed by atoms with Crippen LogP contribution in [0.3, 0.4) is 0 Å². The lowest BCUT2D eigenvalue weighted by molar-refractivity contribution is -0.127. The van der Waals surface area contributed by atoms with Crippen LogP contribution in [0, 0.1) is 0 Å². The average Bonchev–Trinajstić information content (AvgIpc) is 2.76. The third-order valence-corrected chi connectivity index (χ3v) is 6.08. The molecule has 0 aliphatic carbocycles. The number of hydrogen-bond donors (Lipinski definition) is 2. The second kappa shape index (κ2) is 7.29. The SMILES string of the molecule is C=CCSC1=NN2[C@H](c3cccc4ccccc34)Nc3ccccc3[C@@H]2C(=O)N1. The molecule has 3 aromatic carbocycles. The predicted molar refractivity (Wildman–Crippen MR) is 120 cm³/mol. The van der Waals surface area contributed by atoms with E-state index in [9.17, 15) is 4.79 Å². The van der Waals surface area contributed by atoms with Crippen molar-refractivity contribution < 1.29 is 4.79 Å². The third kappa shape index (κ3) is 3.06. The van der Waals surface area contributed by atoms with Crippen LogP contribution in [0.1, 0.15) is 23.3 Å². The first-order valence-electron chi connectivity index (χ1n) is 9.51. The zero-order chi connectivity index (χ0) is 19.8. The molecule has 0 saturated carbocycles. The molecule has 5 rings (SSSR count). The van der Waals surface area contributed by atoms with E-state index in [0.717, 1.165) is 27.6 Å². The lowest BCUT2D eigenvalue weighted by atomic mass is 9.95. The summed E-state index contributed by atoms with van der Waals surface area (Å²) in [6.45, 7) is 3.76. The van der Waals surface area contributed by atoms with Gasteiger partial charge in [0, 0.05) is 22.6 Å². The number of nitrogens with one attached hydrogen (secondary N) is 2. The van der Waals surface area contributed by atoms with E-state index in [4.69, 9.17) is 5.10 Å². The second-order valence-corrected chi connectivity index (χ2v) is 7.99. The van der Waals surface area contributed by atoms with Gasteiger partial charge in [0.2, 0.25) is 0 Å². The molecular weight excluding hydrogens is 380 g/mol.